The van der Waals surface area contributed by atoms with E-state index in [-0.39, 0.29) is 24.4 Å². The number of halogens is 2. The van der Waals surface area contributed by atoms with Crippen molar-refractivity contribution in [2.45, 2.75) is 44.3 Å². The van der Waals surface area contributed by atoms with Crippen molar-refractivity contribution in [2.75, 3.05) is 56.2 Å². The Balaban J connectivity index is 1.54. The topological polar surface area (TPSA) is 99.7 Å². The molecule has 0 aliphatic carbocycles. The normalized spacial score (nSPS) is 20.8. The van der Waals surface area contributed by atoms with Gasteiger partial charge in [0.15, 0.2) is 0 Å². The average molecular weight is 595 g/mol. The van der Waals surface area contributed by atoms with Crippen molar-refractivity contribution in [1.29, 1.82) is 10.5 Å². The number of nitriles is 2. The first kappa shape index (κ1) is 29.0. The van der Waals surface area contributed by atoms with E-state index in [1.165, 1.54) is 6.08 Å². The lowest BCUT2D eigenvalue weighted by molar-refractivity contribution is -0.128. The number of rotatable bonds is 7. The zero-order valence-electron chi connectivity index (χ0n) is 23.2. The highest BCUT2D eigenvalue weighted by atomic mass is 35.5. The molecule has 3 aliphatic rings. The van der Waals surface area contributed by atoms with Gasteiger partial charge in [-0.3, -0.25) is 4.79 Å². The molecule has 0 radical (unpaired) electrons. The Labute approximate surface area is 251 Å². The van der Waals surface area contributed by atoms with Crippen LogP contribution in [0.3, 0.4) is 0 Å². The Morgan fingerprint density at radius 1 is 1.20 bits per heavy atom. The molecule has 3 aliphatic heterocycles. The highest BCUT2D eigenvalue weighted by Crippen LogP contribution is 2.40. The van der Waals surface area contributed by atoms with Crippen molar-refractivity contribution < 1.29 is 9.53 Å². The van der Waals surface area contributed by atoms with Crippen LogP contribution < -0.4 is 14.5 Å². The Morgan fingerprint density at radius 3 is 2.73 bits per heavy atom. The molecule has 9 nitrogen and oxygen atoms in total. The second-order valence-electron chi connectivity index (χ2n) is 10.7. The van der Waals surface area contributed by atoms with E-state index < -0.39 is 0 Å². The number of anilines is 2. The summed E-state index contributed by atoms with van der Waals surface area (Å²) in [5.74, 6) is 0.128. The number of benzene rings is 1. The van der Waals surface area contributed by atoms with Crippen molar-refractivity contribution in [3.8, 4) is 18.0 Å². The number of aromatic nitrogens is 1. The van der Waals surface area contributed by atoms with Crippen LogP contribution in [0.4, 0.5) is 11.4 Å². The van der Waals surface area contributed by atoms with Crippen LogP contribution in [0.25, 0.3) is 0 Å². The van der Waals surface area contributed by atoms with Gasteiger partial charge in [-0.05, 0) is 51.1 Å². The maximum absolute atomic E-state index is 12.5. The molecular formula is C30H33Cl2N7O2. The summed E-state index contributed by atoms with van der Waals surface area (Å²) >= 11 is 12.9. The van der Waals surface area contributed by atoms with Gasteiger partial charge in [0.1, 0.15) is 18.2 Å². The molecule has 0 bridgehead atoms. The van der Waals surface area contributed by atoms with E-state index in [0.717, 1.165) is 42.0 Å². The summed E-state index contributed by atoms with van der Waals surface area (Å²) in [5.41, 5.74) is 3.83. The molecule has 1 aromatic carbocycles. The van der Waals surface area contributed by atoms with E-state index in [9.17, 15) is 15.3 Å². The SMILES string of the molecule is C=CC(=O)N1CCN(c2c(C#N)c(OCC3CCCN3C)nc3c2CCN(c2cccc(Cl)c2Cl)C3)CC1CC#N. The highest BCUT2D eigenvalue weighted by molar-refractivity contribution is 6.43. The number of likely N-dealkylation sites (N-methyl/N-ethyl adjacent to an activating group) is 1. The smallest absolute Gasteiger partial charge is 0.246 e. The molecule has 1 aromatic heterocycles. The fourth-order valence-corrected chi connectivity index (χ4v) is 6.56. The third kappa shape index (κ3) is 5.81. The quantitative estimate of drug-likeness (QED) is 0.435. The fraction of sp³-hybridized carbons (Fsp3) is 0.467. The van der Waals surface area contributed by atoms with Gasteiger partial charge in [-0.1, -0.05) is 35.8 Å². The van der Waals surface area contributed by atoms with E-state index in [1.807, 2.05) is 12.1 Å². The number of nitrogens with zero attached hydrogens (tertiary/aromatic N) is 7. The molecule has 5 rings (SSSR count). The van der Waals surface area contributed by atoms with Crippen LogP contribution in [0.15, 0.2) is 30.9 Å². The monoisotopic (exact) mass is 593 g/mol. The van der Waals surface area contributed by atoms with Gasteiger partial charge in [0.25, 0.3) is 0 Å². The van der Waals surface area contributed by atoms with Crippen LogP contribution in [-0.4, -0.2) is 79.2 Å². The van der Waals surface area contributed by atoms with Gasteiger partial charge < -0.3 is 24.3 Å². The van der Waals surface area contributed by atoms with Gasteiger partial charge in [0.2, 0.25) is 11.8 Å². The molecule has 0 saturated carbocycles. The number of carbonyl (C=O) groups is 1. The van der Waals surface area contributed by atoms with Crippen LogP contribution >= 0.6 is 23.2 Å². The van der Waals surface area contributed by atoms with Crippen LogP contribution in [0.1, 0.15) is 36.1 Å². The molecule has 2 saturated heterocycles. The zero-order chi connectivity index (χ0) is 29.1. The third-order valence-corrected chi connectivity index (χ3v) is 9.15. The van der Waals surface area contributed by atoms with Gasteiger partial charge >= 0.3 is 0 Å². The molecule has 2 atom stereocenters. The minimum atomic E-state index is -0.323. The van der Waals surface area contributed by atoms with Crippen molar-refractivity contribution in [2.24, 2.45) is 0 Å². The predicted octanol–water partition coefficient (Wildman–Crippen LogP) is 4.41. The lowest BCUT2D eigenvalue weighted by atomic mass is 9.96. The first-order valence-corrected chi connectivity index (χ1v) is 14.6. The molecule has 214 valence electrons. The van der Waals surface area contributed by atoms with E-state index in [2.05, 4.69) is 40.5 Å². The van der Waals surface area contributed by atoms with Gasteiger partial charge in [-0.15, -0.1) is 0 Å². The number of likely N-dealkylation sites (tertiary alicyclic amines) is 1. The number of piperazine rings is 1. The predicted molar refractivity (Wildman–Crippen MR) is 159 cm³/mol. The standard InChI is InChI=1S/C30H33Cl2N7O2/c1-3-27(40)39-15-14-38(17-20(39)9-11-33)29-22-10-13-37(26-8-4-7-24(31)28(26)32)18-25(22)35-30(23(29)16-34)41-19-21-6-5-12-36(21)2/h3-4,7-8,20-21H,1,5-6,9-10,12-15,17-19H2,2H3. The number of carbonyl (C=O) groups excluding carboxylic acids is 1. The molecule has 41 heavy (non-hydrogen) atoms. The maximum atomic E-state index is 12.5. The van der Waals surface area contributed by atoms with Gasteiger partial charge in [0.05, 0.1) is 52.2 Å². The molecule has 2 aromatic rings. The number of hydrogen-bond donors (Lipinski definition) is 0. The van der Waals surface area contributed by atoms with Gasteiger partial charge in [-0.2, -0.15) is 10.5 Å². The second-order valence-corrected chi connectivity index (χ2v) is 11.5. The molecule has 2 unspecified atom stereocenters. The number of fused-ring (bicyclic) bond motifs is 1. The maximum Gasteiger partial charge on any atom is 0.246 e. The summed E-state index contributed by atoms with van der Waals surface area (Å²) in [6.07, 6.45) is 4.25. The van der Waals surface area contributed by atoms with Crippen LogP contribution in [-0.2, 0) is 17.8 Å². The molecule has 11 heteroatoms. The first-order valence-electron chi connectivity index (χ1n) is 13.9. The molecular weight excluding hydrogens is 561 g/mol. The largest absolute Gasteiger partial charge is 0.475 e. The summed E-state index contributed by atoms with van der Waals surface area (Å²) in [6, 6.07) is 10.1. The van der Waals surface area contributed by atoms with E-state index >= 15 is 0 Å². The highest BCUT2D eigenvalue weighted by Gasteiger charge is 2.35. The molecule has 0 spiro atoms. The minimum absolute atomic E-state index is 0.184. The minimum Gasteiger partial charge on any atom is -0.475 e. The van der Waals surface area contributed by atoms with Gasteiger partial charge in [-0.25, -0.2) is 4.98 Å². The number of hydrogen-bond acceptors (Lipinski definition) is 8. The Hall–Kier alpha value is -3.50. The summed E-state index contributed by atoms with van der Waals surface area (Å²) in [6.45, 7) is 7.59. The lowest BCUT2D eigenvalue weighted by Gasteiger charge is -2.43. The van der Waals surface area contributed by atoms with E-state index in [1.54, 1.807) is 11.0 Å². The van der Waals surface area contributed by atoms with Crippen molar-refractivity contribution in [3.05, 3.63) is 57.7 Å². The van der Waals surface area contributed by atoms with Crippen LogP contribution in [0.5, 0.6) is 5.88 Å². The summed E-state index contributed by atoms with van der Waals surface area (Å²) in [7, 11) is 2.09. The zero-order valence-corrected chi connectivity index (χ0v) is 24.7. The Kier molecular flexibility index (Phi) is 8.89. The number of amides is 1. The first-order chi connectivity index (χ1) is 19.9. The van der Waals surface area contributed by atoms with Gasteiger partial charge in [0, 0.05) is 37.8 Å². The fourth-order valence-electron chi connectivity index (χ4n) is 6.14. The molecule has 0 N–H and O–H groups in total. The molecule has 4 heterocycles. The van der Waals surface area contributed by atoms with E-state index in [4.69, 9.17) is 32.9 Å². The van der Waals surface area contributed by atoms with Crippen LogP contribution in [0.2, 0.25) is 10.0 Å². The van der Waals surface area contributed by atoms with E-state index in [0.29, 0.717) is 67.2 Å². The molecule has 1 amide bonds. The number of pyridine rings is 1. The van der Waals surface area contributed by atoms with Crippen molar-refractivity contribution in [3.63, 3.8) is 0 Å². The van der Waals surface area contributed by atoms with Crippen LogP contribution in [0, 0.1) is 22.7 Å². The van der Waals surface area contributed by atoms with Crippen molar-refractivity contribution >= 4 is 40.5 Å². The Morgan fingerprint density at radius 2 is 2.02 bits per heavy atom. The lowest BCUT2D eigenvalue weighted by Crippen LogP contribution is -2.55. The average Bonchev–Trinajstić information content (AvgIpc) is 3.40. The third-order valence-electron chi connectivity index (χ3n) is 8.34. The summed E-state index contributed by atoms with van der Waals surface area (Å²) in [4.78, 5) is 25.7. The Bertz CT molecular complexity index is 1420. The van der Waals surface area contributed by atoms with Crippen molar-refractivity contribution in [1.82, 2.24) is 14.8 Å². The molecule has 2 fully saturated rings. The second kappa shape index (κ2) is 12.6. The summed E-state index contributed by atoms with van der Waals surface area (Å²) in [5, 5.41) is 20.9. The summed E-state index contributed by atoms with van der Waals surface area (Å²) < 4.78 is 6.32. The number of ether oxygens (including phenoxy) is 1.